The molecule has 0 aliphatic carbocycles. The lowest BCUT2D eigenvalue weighted by atomic mass is 10.0. The standard InChI is InChI=1S/C32H38N4O12S/c1-20(31(43)44)28(36-32(45)48-19-22-6-4-3-5-7-22)30(42)35-25(14-10-21-8-12-24(37)13-9-21)29(41)33-18-26(38)34-23(11-15-27(39)40)16-17-49(2,46)47/h3-9,12-13,16-17,23,25,28,37H,1,10-11,14-15,18-19H2,2H3,(H,33,41)(H,34,38)(H,35,42)(H,36,45)(H,39,40)(H,43,44)/b17-16+/t23-,25-,28-/m0/s1. The first-order chi connectivity index (χ1) is 23.0. The number of aromatic hydroxyl groups is 1. The molecule has 0 spiro atoms. The number of carboxylic acids is 2. The summed E-state index contributed by atoms with van der Waals surface area (Å²) in [4.78, 5) is 74.5. The van der Waals surface area contributed by atoms with Gasteiger partial charge in [0.05, 0.1) is 12.1 Å². The van der Waals surface area contributed by atoms with Gasteiger partial charge in [-0.05, 0) is 42.5 Å². The number of ether oxygens (including phenoxy) is 1. The highest BCUT2D eigenvalue weighted by atomic mass is 32.2. The summed E-state index contributed by atoms with van der Waals surface area (Å²) >= 11 is 0. The van der Waals surface area contributed by atoms with Gasteiger partial charge in [0.1, 0.15) is 24.4 Å². The number of carbonyl (C=O) groups is 6. The summed E-state index contributed by atoms with van der Waals surface area (Å²) in [5, 5.41) is 38.1. The van der Waals surface area contributed by atoms with Crippen molar-refractivity contribution in [3.63, 3.8) is 0 Å². The Kier molecular flexibility index (Phi) is 15.5. The molecule has 3 atom stereocenters. The number of phenolic OH excluding ortho intramolecular Hbond substituents is 1. The summed E-state index contributed by atoms with van der Waals surface area (Å²) in [6, 6.07) is 10.2. The van der Waals surface area contributed by atoms with Gasteiger partial charge in [-0.1, -0.05) is 55.1 Å². The first kappa shape index (κ1) is 39.5. The summed E-state index contributed by atoms with van der Waals surface area (Å²) in [5.74, 6) is -5.64. The Balaban J connectivity index is 2.19. The van der Waals surface area contributed by atoms with Crippen molar-refractivity contribution in [3.8, 4) is 5.75 Å². The van der Waals surface area contributed by atoms with Gasteiger partial charge in [-0.2, -0.15) is 0 Å². The van der Waals surface area contributed by atoms with Gasteiger partial charge >= 0.3 is 18.0 Å². The van der Waals surface area contributed by atoms with Crippen molar-refractivity contribution in [1.82, 2.24) is 21.3 Å². The van der Waals surface area contributed by atoms with Gasteiger partial charge in [0.25, 0.3) is 0 Å². The molecule has 49 heavy (non-hydrogen) atoms. The van der Waals surface area contributed by atoms with E-state index in [-0.39, 0.29) is 31.6 Å². The molecule has 2 rings (SSSR count). The fourth-order valence-corrected chi connectivity index (χ4v) is 4.57. The monoisotopic (exact) mass is 702 g/mol. The molecule has 17 heteroatoms. The molecule has 0 radical (unpaired) electrons. The minimum Gasteiger partial charge on any atom is -0.508 e. The predicted octanol–water partition coefficient (Wildman–Crippen LogP) is 0.770. The average Bonchev–Trinajstić information content (AvgIpc) is 3.04. The Bertz CT molecular complexity index is 1640. The van der Waals surface area contributed by atoms with Crippen LogP contribution in [0, 0.1) is 0 Å². The largest absolute Gasteiger partial charge is 0.508 e. The third kappa shape index (κ3) is 15.6. The van der Waals surface area contributed by atoms with E-state index in [9.17, 15) is 47.4 Å². The second kappa shape index (κ2) is 19.2. The zero-order valence-corrected chi connectivity index (χ0v) is 27.3. The van der Waals surface area contributed by atoms with Gasteiger partial charge < -0.3 is 41.3 Å². The molecule has 0 saturated carbocycles. The van der Waals surface area contributed by atoms with Gasteiger partial charge in [-0.3, -0.25) is 19.2 Å². The van der Waals surface area contributed by atoms with Crippen LogP contribution in [0.5, 0.6) is 5.75 Å². The van der Waals surface area contributed by atoms with E-state index in [1.807, 2.05) is 0 Å². The van der Waals surface area contributed by atoms with E-state index in [0.717, 1.165) is 17.7 Å². The van der Waals surface area contributed by atoms with E-state index in [2.05, 4.69) is 27.8 Å². The highest BCUT2D eigenvalue weighted by molar-refractivity contribution is 7.93. The van der Waals surface area contributed by atoms with Crippen LogP contribution < -0.4 is 21.3 Å². The number of rotatable bonds is 19. The number of phenols is 1. The summed E-state index contributed by atoms with van der Waals surface area (Å²) in [7, 11) is -3.60. The van der Waals surface area contributed by atoms with E-state index < -0.39 is 82.3 Å². The number of hydrogen-bond acceptors (Lipinski definition) is 10. The fourth-order valence-electron chi connectivity index (χ4n) is 4.10. The van der Waals surface area contributed by atoms with Crippen molar-refractivity contribution in [2.45, 2.75) is 50.4 Å². The van der Waals surface area contributed by atoms with Crippen LogP contribution in [0.4, 0.5) is 4.79 Å². The molecule has 0 fully saturated rings. The number of aliphatic carboxylic acids is 2. The molecule has 0 aromatic heterocycles. The highest BCUT2D eigenvalue weighted by Crippen LogP contribution is 2.13. The Morgan fingerprint density at radius 3 is 2.12 bits per heavy atom. The van der Waals surface area contributed by atoms with Crippen LogP contribution in [0.25, 0.3) is 0 Å². The predicted molar refractivity (Wildman–Crippen MR) is 174 cm³/mol. The average molecular weight is 703 g/mol. The van der Waals surface area contributed by atoms with Gasteiger partial charge in [-0.25, -0.2) is 18.0 Å². The SMILES string of the molecule is C=C(C(=O)O)[C@H](NC(=O)OCc1ccccc1)C(=O)N[C@@H](CCc1ccc(O)cc1)C(=O)NCC(=O)N[C@H](/C=C/S(C)(=O)=O)CCC(=O)O. The Hall–Kier alpha value is -5.71. The number of carbonyl (C=O) groups excluding carboxylic acids is 4. The highest BCUT2D eigenvalue weighted by Gasteiger charge is 2.32. The molecule has 4 amide bonds. The minimum absolute atomic E-state index is 0.00866. The third-order valence-electron chi connectivity index (χ3n) is 6.65. The lowest BCUT2D eigenvalue weighted by Gasteiger charge is -2.23. The van der Waals surface area contributed by atoms with Crippen LogP contribution in [0.2, 0.25) is 0 Å². The zero-order chi connectivity index (χ0) is 36.6. The number of hydrogen-bond donors (Lipinski definition) is 7. The first-order valence-corrected chi connectivity index (χ1v) is 16.6. The van der Waals surface area contributed by atoms with Crippen LogP contribution >= 0.6 is 0 Å². The fraction of sp³-hybridized carbons (Fsp3) is 0.312. The molecule has 0 heterocycles. The van der Waals surface area contributed by atoms with Gasteiger partial charge in [0.15, 0.2) is 9.84 Å². The molecule has 0 aliphatic heterocycles. The number of alkyl carbamates (subject to hydrolysis) is 1. The number of aryl methyl sites for hydroxylation is 1. The van der Waals surface area contributed by atoms with Crippen LogP contribution in [0.3, 0.4) is 0 Å². The van der Waals surface area contributed by atoms with Crippen LogP contribution in [0.15, 0.2) is 78.2 Å². The summed E-state index contributed by atoms with van der Waals surface area (Å²) in [5.41, 5.74) is 0.529. The maximum atomic E-state index is 13.3. The number of sulfone groups is 1. The number of nitrogens with one attached hydrogen (secondary N) is 4. The first-order valence-electron chi connectivity index (χ1n) is 14.7. The topological polar surface area (TPSA) is 255 Å². The molecule has 2 aromatic rings. The maximum absolute atomic E-state index is 13.3. The smallest absolute Gasteiger partial charge is 0.408 e. The van der Waals surface area contributed by atoms with Crippen molar-refractivity contribution in [3.05, 3.63) is 89.4 Å². The Morgan fingerprint density at radius 2 is 1.53 bits per heavy atom. The van der Waals surface area contributed by atoms with Crippen LogP contribution in [-0.4, -0.2) is 90.4 Å². The minimum atomic E-state index is -3.60. The molecule has 0 unspecified atom stereocenters. The van der Waals surface area contributed by atoms with Crippen molar-refractivity contribution in [1.29, 1.82) is 0 Å². The van der Waals surface area contributed by atoms with Gasteiger partial charge in [0.2, 0.25) is 17.7 Å². The van der Waals surface area contributed by atoms with E-state index in [1.54, 1.807) is 42.5 Å². The van der Waals surface area contributed by atoms with Crippen LogP contribution in [0.1, 0.15) is 30.4 Å². The van der Waals surface area contributed by atoms with Gasteiger partial charge in [-0.15, -0.1) is 0 Å². The lowest BCUT2D eigenvalue weighted by Crippen LogP contribution is -2.55. The van der Waals surface area contributed by atoms with Crippen molar-refractivity contribution in [2.75, 3.05) is 12.8 Å². The Morgan fingerprint density at radius 1 is 0.878 bits per heavy atom. The molecule has 0 saturated heterocycles. The Labute approximate surface area is 282 Å². The quantitative estimate of drug-likeness (QED) is 0.100. The van der Waals surface area contributed by atoms with Crippen LogP contribution in [-0.2, 0) is 51.6 Å². The maximum Gasteiger partial charge on any atom is 0.408 e. The van der Waals surface area contributed by atoms with Gasteiger partial charge in [0, 0.05) is 24.1 Å². The molecule has 0 bridgehead atoms. The van der Waals surface area contributed by atoms with E-state index in [4.69, 9.17) is 9.84 Å². The van der Waals surface area contributed by atoms with E-state index >= 15 is 0 Å². The second-order valence-electron chi connectivity index (χ2n) is 10.7. The second-order valence-corrected chi connectivity index (χ2v) is 12.6. The number of amides is 4. The molecule has 2 aromatic carbocycles. The number of carboxylic acid groups (broad SMARTS) is 2. The van der Waals surface area contributed by atoms with Crippen molar-refractivity contribution >= 4 is 45.6 Å². The van der Waals surface area contributed by atoms with Crippen molar-refractivity contribution in [2.24, 2.45) is 0 Å². The molecular weight excluding hydrogens is 664 g/mol. The molecule has 16 nitrogen and oxygen atoms in total. The number of benzene rings is 2. The summed E-state index contributed by atoms with van der Waals surface area (Å²) < 4.78 is 28.1. The summed E-state index contributed by atoms with van der Waals surface area (Å²) in [6.45, 7) is 2.49. The van der Waals surface area contributed by atoms with E-state index in [0.29, 0.717) is 11.1 Å². The lowest BCUT2D eigenvalue weighted by molar-refractivity contribution is -0.137. The normalized spacial score (nSPS) is 12.9. The molecule has 0 aliphatic rings. The zero-order valence-electron chi connectivity index (χ0n) is 26.5. The summed E-state index contributed by atoms with van der Waals surface area (Å²) in [6.07, 6.45) is 0.394. The third-order valence-corrected chi connectivity index (χ3v) is 7.30. The molecular formula is C32H38N4O12S. The van der Waals surface area contributed by atoms with Crippen molar-refractivity contribution < 1.29 is 57.2 Å². The van der Waals surface area contributed by atoms with E-state index in [1.165, 1.54) is 12.1 Å². The molecule has 7 N–H and O–H groups in total. The molecule has 264 valence electrons.